The van der Waals surface area contributed by atoms with E-state index >= 15 is 0 Å². The third-order valence-corrected chi connectivity index (χ3v) is 3.11. The summed E-state index contributed by atoms with van der Waals surface area (Å²) in [5.74, 6) is -0.198. The van der Waals surface area contributed by atoms with Gasteiger partial charge in [-0.2, -0.15) is 0 Å². The van der Waals surface area contributed by atoms with Gasteiger partial charge in [0, 0.05) is 52.1 Å². The zero-order valence-electron chi connectivity index (χ0n) is 10.1. The largest absolute Gasteiger partial charge is 0.388 e. The van der Waals surface area contributed by atoms with Crippen molar-refractivity contribution in [1.82, 2.24) is 4.90 Å². The number of carbonyl (C=O) groups excluding carboxylic acids is 1. The Balaban J connectivity index is 2.49. The van der Waals surface area contributed by atoms with E-state index in [0.29, 0.717) is 39.1 Å². The molecule has 0 radical (unpaired) electrons. The van der Waals surface area contributed by atoms with E-state index in [0.717, 1.165) is 0 Å². The Kier molecular flexibility index (Phi) is 4.70. The predicted molar refractivity (Wildman–Crippen MR) is 60.9 cm³/mol. The van der Waals surface area contributed by atoms with Crippen LogP contribution < -0.4 is 5.73 Å². The molecule has 94 valence electrons. The maximum Gasteiger partial charge on any atom is 0.226 e. The van der Waals surface area contributed by atoms with Crippen LogP contribution in [0.15, 0.2) is 0 Å². The Morgan fingerprint density at radius 2 is 2.12 bits per heavy atom. The summed E-state index contributed by atoms with van der Waals surface area (Å²) in [6, 6.07) is 0. The van der Waals surface area contributed by atoms with Crippen LogP contribution in [-0.4, -0.2) is 54.9 Å². The molecule has 1 atom stereocenters. The first-order valence-corrected chi connectivity index (χ1v) is 5.74. The molecule has 0 aliphatic carbocycles. The molecule has 0 bridgehead atoms. The van der Waals surface area contributed by atoms with Gasteiger partial charge in [0.05, 0.1) is 5.60 Å². The Hall–Kier alpha value is -0.650. The molecule has 1 heterocycles. The second-order valence-electron chi connectivity index (χ2n) is 4.67. The highest BCUT2D eigenvalue weighted by Gasteiger charge is 2.32. The molecule has 16 heavy (non-hydrogen) atoms. The molecule has 1 aliphatic heterocycles. The Morgan fingerprint density at radius 1 is 1.56 bits per heavy atom. The third-order valence-electron chi connectivity index (χ3n) is 3.11. The van der Waals surface area contributed by atoms with Crippen molar-refractivity contribution in [2.45, 2.75) is 25.4 Å². The molecular weight excluding hydrogens is 208 g/mol. The Morgan fingerprint density at radius 3 is 2.62 bits per heavy atom. The highest BCUT2D eigenvalue weighted by Crippen LogP contribution is 2.21. The standard InChI is InChI=1S/C11H22N2O3/c1-9(7-12)10(14)13(2)8-11(15)3-5-16-6-4-11/h9,15H,3-8,12H2,1-2H3. The number of ether oxygens (including phenoxy) is 1. The van der Waals surface area contributed by atoms with Crippen molar-refractivity contribution >= 4 is 5.91 Å². The number of nitrogens with zero attached hydrogens (tertiary/aromatic N) is 1. The van der Waals surface area contributed by atoms with Gasteiger partial charge in [-0.05, 0) is 0 Å². The van der Waals surface area contributed by atoms with Crippen molar-refractivity contribution in [2.24, 2.45) is 11.7 Å². The molecule has 3 N–H and O–H groups in total. The molecule has 0 saturated carbocycles. The second kappa shape index (κ2) is 5.61. The molecule has 0 aromatic heterocycles. The van der Waals surface area contributed by atoms with E-state index in [-0.39, 0.29) is 11.8 Å². The number of amides is 1. The van der Waals surface area contributed by atoms with E-state index in [4.69, 9.17) is 10.5 Å². The van der Waals surface area contributed by atoms with Crippen LogP contribution in [0.25, 0.3) is 0 Å². The van der Waals surface area contributed by atoms with Crippen LogP contribution in [0.2, 0.25) is 0 Å². The first kappa shape index (κ1) is 13.4. The Labute approximate surface area is 96.6 Å². The van der Waals surface area contributed by atoms with Crippen molar-refractivity contribution < 1.29 is 14.6 Å². The SMILES string of the molecule is CC(CN)C(=O)N(C)CC1(O)CCOCC1. The number of hydrogen-bond acceptors (Lipinski definition) is 4. The summed E-state index contributed by atoms with van der Waals surface area (Å²) < 4.78 is 5.19. The summed E-state index contributed by atoms with van der Waals surface area (Å²) >= 11 is 0. The summed E-state index contributed by atoms with van der Waals surface area (Å²) in [6.07, 6.45) is 1.17. The molecule has 1 amide bonds. The number of nitrogens with two attached hydrogens (primary N) is 1. The highest BCUT2D eigenvalue weighted by molar-refractivity contribution is 5.78. The minimum atomic E-state index is -0.795. The van der Waals surface area contributed by atoms with Crippen LogP contribution in [0.1, 0.15) is 19.8 Å². The second-order valence-corrected chi connectivity index (χ2v) is 4.67. The van der Waals surface area contributed by atoms with E-state index in [1.54, 1.807) is 18.9 Å². The summed E-state index contributed by atoms with van der Waals surface area (Å²) in [5.41, 5.74) is 4.65. The monoisotopic (exact) mass is 230 g/mol. The molecule has 0 spiro atoms. The van der Waals surface area contributed by atoms with Gasteiger partial charge in [0.15, 0.2) is 0 Å². The summed E-state index contributed by atoms with van der Waals surface area (Å²) in [7, 11) is 1.71. The molecule has 5 nitrogen and oxygen atoms in total. The maximum atomic E-state index is 11.8. The van der Waals surface area contributed by atoms with Crippen molar-refractivity contribution in [1.29, 1.82) is 0 Å². The van der Waals surface area contributed by atoms with Gasteiger partial charge in [-0.25, -0.2) is 0 Å². The lowest BCUT2D eigenvalue weighted by molar-refractivity contribution is -0.140. The molecule has 1 fully saturated rings. The van der Waals surface area contributed by atoms with Gasteiger partial charge >= 0.3 is 0 Å². The average molecular weight is 230 g/mol. The highest BCUT2D eigenvalue weighted by atomic mass is 16.5. The van der Waals surface area contributed by atoms with Gasteiger partial charge in [0.1, 0.15) is 0 Å². The van der Waals surface area contributed by atoms with Gasteiger partial charge < -0.3 is 20.5 Å². The van der Waals surface area contributed by atoms with Crippen LogP contribution in [0.5, 0.6) is 0 Å². The van der Waals surface area contributed by atoms with Gasteiger partial charge in [-0.3, -0.25) is 4.79 Å². The topological polar surface area (TPSA) is 75.8 Å². The summed E-state index contributed by atoms with van der Waals surface area (Å²) in [5, 5.41) is 10.2. The fourth-order valence-corrected chi connectivity index (χ4v) is 1.91. The average Bonchev–Trinajstić information content (AvgIpc) is 2.27. The van der Waals surface area contributed by atoms with Gasteiger partial charge in [-0.15, -0.1) is 0 Å². The lowest BCUT2D eigenvalue weighted by atomic mass is 9.93. The maximum absolute atomic E-state index is 11.8. The fraction of sp³-hybridized carbons (Fsp3) is 0.909. The molecule has 1 saturated heterocycles. The molecule has 5 heteroatoms. The normalized spacial score (nSPS) is 21.5. The minimum Gasteiger partial charge on any atom is -0.388 e. The molecule has 1 unspecified atom stereocenters. The van der Waals surface area contributed by atoms with Crippen LogP contribution in [0, 0.1) is 5.92 Å². The molecule has 1 aliphatic rings. The minimum absolute atomic E-state index is 0.0117. The van der Waals surface area contributed by atoms with Gasteiger partial charge in [0.25, 0.3) is 0 Å². The van der Waals surface area contributed by atoms with E-state index < -0.39 is 5.60 Å². The smallest absolute Gasteiger partial charge is 0.226 e. The van der Waals surface area contributed by atoms with Crippen LogP contribution in [0.3, 0.4) is 0 Å². The number of aliphatic hydroxyl groups is 1. The van der Waals surface area contributed by atoms with Crippen LogP contribution >= 0.6 is 0 Å². The van der Waals surface area contributed by atoms with E-state index in [1.807, 2.05) is 0 Å². The quantitative estimate of drug-likeness (QED) is 0.688. The number of carbonyl (C=O) groups is 1. The van der Waals surface area contributed by atoms with E-state index in [9.17, 15) is 9.90 Å². The molecule has 0 aromatic carbocycles. The van der Waals surface area contributed by atoms with Crippen LogP contribution in [0.4, 0.5) is 0 Å². The first-order valence-electron chi connectivity index (χ1n) is 5.74. The lowest BCUT2D eigenvalue weighted by Gasteiger charge is -2.36. The van der Waals surface area contributed by atoms with Crippen molar-refractivity contribution in [3.63, 3.8) is 0 Å². The first-order chi connectivity index (χ1) is 7.48. The van der Waals surface area contributed by atoms with E-state index in [1.165, 1.54) is 0 Å². The zero-order valence-corrected chi connectivity index (χ0v) is 10.1. The van der Waals surface area contributed by atoms with Crippen molar-refractivity contribution in [3.8, 4) is 0 Å². The number of likely N-dealkylation sites (N-methyl/N-ethyl adjacent to an activating group) is 1. The van der Waals surface area contributed by atoms with E-state index in [2.05, 4.69) is 0 Å². The molecular formula is C11H22N2O3. The number of rotatable bonds is 4. The summed E-state index contributed by atoms with van der Waals surface area (Å²) in [4.78, 5) is 13.4. The van der Waals surface area contributed by atoms with Gasteiger partial charge in [-0.1, -0.05) is 6.92 Å². The number of hydrogen-bond donors (Lipinski definition) is 2. The lowest BCUT2D eigenvalue weighted by Crippen LogP contribution is -2.49. The Bertz CT molecular complexity index is 239. The zero-order chi connectivity index (χ0) is 12.2. The fourth-order valence-electron chi connectivity index (χ4n) is 1.91. The van der Waals surface area contributed by atoms with Crippen molar-refractivity contribution in [3.05, 3.63) is 0 Å². The summed E-state index contributed by atoms with van der Waals surface area (Å²) in [6.45, 7) is 3.62. The third kappa shape index (κ3) is 3.43. The molecule has 1 rings (SSSR count). The predicted octanol–water partition coefficient (Wildman–Crippen LogP) is -0.419. The van der Waals surface area contributed by atoms with Gasteiger partial charge in [0.2, 0.25) is 5.91 Å². The molecule has 0 aromatic rings. The van der Waals surface area contributed by atoms with Crippen LogP contribution in [-0.2, 0) is 9.53 Å². The van der Waals surface area contributed by atoms with Crippen molar-refractivity contribution in [2.75, 3.05) is 33.4 Å².